The first-order valence-electron chi connectivity index (χ1n) is 6.86. The van der Waals surface area contributed by atoms with Crippen molar-refractivity contribution < 1.29 is 23.1 Å². The third kappa shape index (κ3) is 2.81. The molecule has 2 heterocycles. The van der Waals surface area contributed by atoms with Crippen molar-refractivity contribution in [1.29, 1.82) is 0 Å². The van der Waals surface area contributed by atoms with Gasteiger partial charge in [-0.25, -0.2) is 0 Å². The molecule has 122 valence electrons. The summed E-state index contributed by atoms with van der Waals surface area (Å²) in [5.74, 6) is -4.83. The fourth-order valence-corrected chi connectivity index (χ4v) is 3.21. The van der Waals surface area contributed by atoms with E-state index in [0.717, 1.165) is 0 Å². The molecule has 0 spiro atoms. The zero-order valence-corrected chi connectivity index (χ0v) is 12.5. The van der Waals surface area contributed by atoms with Crippen molar-refractivity contribution in [2.75, 3.05) is 18.0 Å². The summed E-state index contributed by atoms with van der Waals surface area (Å²) in [5, 5.41) is 10.1. The molecular weight excluding hydrogens is 333 g/mol. The summed E-state index contributed by atoms with van der Waals surface area (Å²) in [4.78, 5) is 16.8. The number of carboxylic acids is 1. The number of pyridine rings is 1. The maximum absolute atomic E-state index is 13.1. The number of carboxylic acid groups (broad SMARTS) is 1. The third-order valence-electron chi connectivity index (χ3n) is 4.10. The average Bonchev–Trinajstić information content (AvgIpc) is 2.92. The lowest BCUT2D eigenvalue weighted by Crippen LogP contribution is -2.33. The van der Waals surface area contributed by atoms with E-state index in [1.165, 1.54) is 11.1 Å². The molecule has 0 radical (unpaired) electrons. The lowest BCUT2D eigenvalue weighted by molar-refractivity contribution is -0.187. The Labute approximate surface area is 134 Å². The van der Waals surface area contributed by atoms with Crippen LogP contribution in [0.4, 0.5) is 18.9 Å². The highest BCUT2D eigenvalue weighted by molar-refractivity contribution is 6.35. The molecular formula is C15H12ClF3N2O2. The summed E-state index contributed by atoms with van der Waals surface area (Å²) in [6.45, 7) is -0.600. The molecule has 1 aliphatic rings. The van der Waals surface area contributed by atoms with Gasteiger partial charge in [0.05, 0.1) is 22.4 Å². The molecule has 2 atom stereocenters. The first-order valence-corrected chi connectivity index (χ1v) is 7.24. The Kier molecular flexibility index (Phi) is 3.83. The van der Waals surface area contributed by atoms with Gasteiger partial charge in [-0.1, -0.05) is 23.7 Å². The van der Waals surface area contributed by atoms with Gasteiger partial charge in [0.25, 0.3) is 0 Å². The molecule has 1 saturated heterocycles. The highest BCUT2D eigenvalue weighted by Gasteiger charge is 2.52. The largest absolute Gasteiger partial charge is 0.481 e. The van der Waals surface area contributed by atoms with Crippen LogP contribution in [-0.4, -0.2) is 35.3 Å². The molecule has 2 aromatic rings. The zero-order valence-electron chi connectivity index (χ0n) is 11.7. The summed E-state index contributed by atoms with van der Waals surface area (Å²) in [6, 6.07) is 6.61. The number of halogens is 4. The number of fused-ring (bicyclic) bond motifs is 1. The normalized spacial score (nSPS) is 21.8. The van der Waals surface area contributed by atoms with Gasteiger partial charge < -0.3 is 10.0 Å². The Morgan fingerprint density at radius 2 is 2.04 bits per heavy atom. The number of hydrogen-bond donors (Lipinski definition) is 1. The van der Waals surface area contributed by atoms with Crippen LogP contribution >= 0.6 is 11.6 Å². The van der Waals surface area contributed by atoms with Crippen LogP contribution < -0.4 is 4.90 Å². The molecule has 23 heavy (non-hydrogen) atoms. The Hall–Kier alpha value is -2.02. The van der Waals surface area contributed by atoms with Crippen molar-refractivity contribution in [1.82, 2.24) is 4.98 Å². The summed E-state index contributed by atoms with van der Waals surface area (Å²) < 4.78 is 39.3. The van der Waals surface area contributed by atoms with E-state index in [9.17, 15) is 18.0 Å². The summed E-state index contributed by atoms with van der Waals surface area (Å²) >= 11 is 6.06. The van der Waals surface area contributed by atoms with E-state index in [1.807, 2.05) is 0 Å². The van der Waals surface area contributed by atoms with Gasteiger partial charge in [-0.2, -0.15) is 13.2 Å². The number of rotatable bonds is 2. The molecule has 3 rings (SSSR count). The molecule has 1 fully saturated rings. The van der Waals surface area contributed by atoms with Crippen LogP contribution in [0.3, 0.4) is 0 Å². The van der Waals surface area contributed by atoms with E-state index in [2.05, 4.69) is 4.98 Å². The van der Waals surface area contributed by atoms with Crippen LogP contribution in [0.1, 0.15) is 0 Å². The van der Waals surface area contributed by atoms with Crippen molar-refractivity contribution in [2.24, 2.45) is 11.8 Å². The maximum Gasteiger partial charge on any atom is 0.394 e. The molecule has 1 aromatic heterocycles. The molecule has 1 aromatic carbocycles. The van der Waals surface area contributed by atoms with Gasteiger partial charge >= 0.3 is 12.1 Å². The van der Waals surface area contributed by atoms with Crippen molar-refractivity contribution in [3.05, 3.63) is 35.5 Å². The number of hydrogen-bond acceptors (Lipinski definition) is 3. The van der Waals surface area contributed by atoms with Crippen LogP contribution in [0.15, 0.2) is 30.5 Å². The number of alkyl halides is 3. The van der Waals surface area contributed by atoms with Crippen molar-refractivity contribution in [3.8, 4) is 0 Å². The predicted octanol–water partition coefficient (Wildman–Crippen LogP) is 3.59. The maximum atomic E-state index is 13.1. The van der Waals surface area contributed by atoms with Gasteiger partial charge in [-0.05, 0) is 12.1 Å². The monoisotopic (exact) mass is 344 g/mol. The van der Waals surface area contributed by atoms with Crippen molar-refractivity contribution >= 4 is 34.2 Å². The minimum Gasteiger partial charge on any atom is -0.481 e. The van der Waals surface area contributed by atoms with Crippen molar-refractivity contribution in [3.63, 3.8) is 0 Å². The summed E-state index contributed by atoms with van der Waals surface area (Å²) in [5.41, 5.74) is 0.990. The van der Waals surface area contributed by atoms with Gasteiger partial charge in [0.15, 0.2) is 0 Å². The molecule has 0 aliphatic carbocycles. The lowest BCUT2D eigenvalue weighted by atomic mass is 9.96. The number of aromatic nitrogens is 1. The second kappa shape index (κ2) is 5.56. The fourth-order valence-electron chi connectivity index (χ4n) is 2.98. The predicted molar refractivity (Wildman–Crippen MR) is 79.6 cm³/mol. The van der Waals surface area contributed by atoms with E-state index in [1.54, 1.807) is 24.3 Å². The quantitative estimate of drug-likeness (QED) is 0.904. The number of para-hydroxylation sites is 1. The van der Waals surface area contributed by atoms with E-state index in [4.69, 9.17) is 16.7 Å². The molecule has 0 amide bonds. The SMILES string of the molecule is O=C(O)[C@@H]1CN(c2ccnc3c(Cl)cccc23)C[C@H]1C(F)(F)F. The van der Waals surface area contributed by atoms with Crippen molar-refractivity contribution in [2.45, 2.75) is 6.18 Å². The molecule has 8 heteroatoms. The standard InChI is InChI=1S/C15H12ClF3N2O2/c16-11-3-1-2-8-12(4-5-20-13(8)11)21-6-9(14(22)23)10(7-21)15(17,18)19/h1-5,9-10H,6-7H2,(H,22,23)/t9-,10-/m1/s1. The Morgan fingerprint density at radius 1 is 1.30 bits per heavy atom. The molecule has 1 aliphatic heterocycles. The van der Waals surface area contributed by atoms with Crippen LogP contribution in [0, 0.1) is 11.8 Å². The summed E-state index contributed by atoms with van der Waals surface area (Å²) in [7, 11) is 0. The number of nitrogens with zero attached hydrogens (tertiary/aromatic N) is 2. The van der Waals surface area contributed by atoms with Crippen LogP contribution in [0.25, 0.3) is 10.9 Å². The minimum atomic E-state index is -4.56. The van der Waals surface area contributed by atoms with Gasteiger partial charge in [0.2, 0.25) is 0 Å². The fraction of sp³-hybridized carbons (Fsp3) is 0.333. The van der Waals surface area contributed by atoms with E-state index in [0.29, 0.717) is 21.6 Å². The molecule has 0 unspecified atom stereocenters. The second-order valence-corrected chi connectivity index (χ2v) is 5.87. The Balaban J connectivity index is 2.04. The van der Waals surface area contributed by atoms with E-state index >= 15 is 0 Å². The van der Waals surface area contributed by atoms with E-state index in [-0.39, 0.29) is 6.54 Å². The molecule has 0 bridgehead atoms. The Morgan fingerprint density at radius 3 is 2.65 bits per heavy atom. The zero-order chi connectivity index (χ0) is 16.8. The first kappa shape index (κ1) is 15.9. The minimum absolute atomic E-state index is 0.203. The number of anilines is 1. The van der Waals surface area contributed by atoms with Crippen LogP contribution in [-0.2, 0) is 4.79 Å². The van der Waals surface area contributed by atoms with Crippen LogP contribution in [0.2, 0.25) is 5.02 Å². The van der Waals surface area contributed by atoms with Gasteiger partial charge in [0, 0.05) is 30.4 Å². The molecule has 1 N–H and O–H groups in total. The smallest absolute Gasteiger partial charge is 0.394 e. The number of carbonyl (C=O) groups is 1. The molecule has 0 saturated carbocycles. The Bertz CT molecular complexity index is 766. The lowest BCUT2D eigenvalue weighted by Gasteiger charge is -2.21. The van der Waals surface area contributed by atoms with E-state index < -0.39 is 30.5 Å². The highest BCUT2D eigenvalue weighted by Crippen LogP contribution is 2.41. The number of benzene rings is 1. The number of aliphatic carboxylic acids is 1. The topological polar surface area (TPSA) is 53.4 Å². The van der Waals surface area contributed by atoms with Gasteiger partial charge in [-0.15, -0.1) is 0 Å². The van der Waals surface area contributed by atoms with Gasteiger partial charge in [-0.3, -0.25) is 9.78 Å². The summed E-state index contributed by atoms with van der Waals surface area (Å²) in [6.07, 6.45) is -3.10. The first-order chi connectivity index (χ1) is 10.8. The van der Waals surface area contributed by atoms with Gasteiger partial charge in [0.1, 0.15) is 0 Å². The van der Waals surface area contributed by atoms with Crippen LogP contribution in [0.5, 0.6) is 0 Å². The third-order valence-corrected chi connectivity index (χ3v) is 4.40. The highest BCUT2D eigenvalue weighted by atomic mass is 35.5. The molecule has 4 nitrogen and oxygen atoms in total. The average molecular weight is 345 g/mol. The second-order valence-electron chi connectivity index (χ2n) is 5.46.